The van der Waals surface area contributed by atoms with Crippen LogP contribution >= 0.6 is 0 Å². The molecule has 2 aliphatic heterocycles. The normalized spacial score (nSPS) is 18.0. The van der Waals surface area contributed by atoms with Crippen molar-refractivity contribution in [3.63, 3.8) is 0 Å². The van der Waals surface area contributed by atoms with E-state index in [-0.39, 0.29) is 17.8 Å². The van der Waals surface area contributed by atoms with Gasteiger partial charge in [-0.3, -0.25) is 9.78 Å². The summed E-state index contributed by atoms with van der Waals surface area (Å²) in [6.07, 6.45) is 3.93. The summed E-state index contributed by atoms with van der Waals surface area (Å²) in [5.74, 6) is 0.962. The highest BCUT2D eigenvalue weighted by Crippen LogP contribution is 2.32. The SMILES string of the molecule is O=C(C1CNNN1)N1CCc2nc(-c3ccncc3)nc(Oc3ccc(F)cc3)c2C1. The van der Waals surface area contributed by atoms with E-state index in [9.17, 15) is 9.18 Å². The number of hydrogen-bond acceptors (Lipinski definition) is 8. The van der Waals surface area contributed by atoms with Crippen LogP contribution in [0.25, 0.3) is 11.4 Å². The van der Waals surface area contributed by atoms with Crippen molar-refractivity contribution in [2.45, 2.75) is 19.0 Å². The number of carbonyl (C=O) groups is 1. The molecule has 0 saturated carbocycles. The highest BCUT2D eigenvalue weighted by molar-refractivity contribution is 5.82. The van der Waals surface area contributed by atoms with Crippen molar-refractivity contribution in [2.24, 2.45) is 0 Å². The third-order valence-corrected chi connectivity index (χ3v) is 5.24. The van der Waals surface area contributed by atoms with Crippen LogP contribution in [0.4, 0.5) is 4.39 Å². The van der Waals surface area contributed by atoms with Gasteiger partial charge in [-0.2, -0.15) is 10.5 Å². The third-order valence-electron chi connectivity index (χ3n) is 5.24. The van der Waals surface area contributed by atoms with Gasteiger partial charge < -0.3 is 9.64 Å². The van der Waals surface area contributed by atoms with Crippen molar-refractivity contribution in [2.75, 3.05) is 13.1 Å². The maximum atomic E-state index is 13.3. The molecular weight excluding hydrogens is 401 g/mol. The largest absolute Gasteiger partial charge is 0.439 e. The number of rotatable bonds is 4. The minimum Gasteiger partial charge on any atom is -0.439 e. The third kappa shape index (κ3) is 4.08. The Morgan fingerprint density at radius 2 is 1.94 bits per heavy atom. The number of ether oxygens (including phenoxy) is 1. The Kier molecular flexibility index (Phi) is 5.24. The summed E-state index contributed by atoms with van der Waals surface area (Å²) in [7, 11) is 0. The molecule has 2 aromatic heterocycles. The van der Waals surface area contributed by atoms with Crippen molar-refractivity contribution in [3.05, 3.63) is 65.9 Å². The standard InChI is InChI=1S/C21H20FN7O2/c22-14-1-3-15(4-2-14)31-20-16-12-29(21(30)18-11-24-28-27-18)10-7-17(16)25-19(26-20)13-5-8-23-9-6-13/h1-6,8-9,18,24,27-28H,7,10-12H2. The second kappa shape index (κ2) is 8.34. The summed E-state index contributed by atoms with van der Waals surface area (Å²) >= 11 is 0. The number of hydrazine groups is 2. The van der Waals surface area contributed by atoms with Crippen LogP contribution in [0.3, 0.4) is 0 Å². The molecule has 3 aromatic rings. The van der Waals surface area contributed by atoms with Gasteiger partial charge in [0.1, 0.15) is 17.6 Å². The topological polar surface area (TPSA) is 104 Å². The van der Waals surface area contributed by atoms with Gasteiger partial charge >= 0.3 is 0 Å². The molecule has 1 saturated heterocycles. The van der Waals surface area contributed by atoms with Gasteiger partial charge in [0.15, 0.2) is 5.82 Å². The van der Waals surface area contributed by atoms with Crippen molar-refractivity contribution >= 4 is 5.91 Å². The predicted octanol–water partition coefficient (Wildman–Crippen LogP) is 1.34. The molecule has 1 amide bonds. The number of benzene rings is 1. The maximum absolute atomic E-state index is 13.3. The second-order valence-electron chi connectivity index (χ2n) is 7.28. The van der Waals surface area contributed by atoms with E-state index in [4.69, 9.17) is 9.72 Å². The van der Waals surface area contributed by atoms with Crippen LogP contribution in [-0.2, 0) is 17.8 Å². The van der Waals surface area contributed by atoms with Crippen LogP contribution in [0.2, 0.25) is 0 Å². The van der Waals surface area contributed by atoms with E-state index in [1.807, 2.05) is 12.1 Å². The molecule has 1 fully saturated rings. The Balaban J connectivity index is 1.50. The smallest absolute Gasteiger partial charge is 0.242 e. The number of amides is 1. The van der Waals surface area contributed by atoms with Gasteiger partial charge in [0, 0.05) is 37.5 Å². The van der Waals surface area contributed by atoms with E-state index in [1.54, 1.807) is 29.4 Å². The predicted molar refractivity (Wildman–Crippen MR) is 109 cm³/mol. The Hall–Kier alpha value is -3.47. The van der Waals surface area contributed by atoms with Crippen LogP contribution in [0.15, 0.2) is 48.8 Å². The number of carbonyl (C=O) groups excluding carboxylic acids is 1. The Morgan fingerprint density at radius 1 is 1.13 bits per heavy atom. The first kappa shape index (κ1) is 19.5. The van der Waals surface area contributed by atoms with Gasteiger partial charge in [-0.15, -0.1) is 0 Å². The van der Waals surface area contributed by atoms with Gasteiger partial charge in [0.25, 0.3) is 0 Å². The number of nitrogens with zero attached hydrogens (tertiary/aromatic N) is 4. The number of fused-ring (bicyclic) bond motifs is 1. The molecular formula is C21H20FN7O2. The van der Waals surface area contributed by atoms with Crippen LogP contribution in [0.1, 0.15) is 11.3 Å². The van der Waals surface area contributed by atoms with Crippen molar-refractivity contribution < 1.29 is 13.9 Å². The second-order valence-corrected chi connectivity index (χ2v) is 7.28. The molecule has 4 heterocycles. The van der Waals surface area contributed by atoms with E-state index in [2.05, 4.69) is 26.4 Å². The highest BCUT2D eigenvalue weighted by Gasteiger charge is 2.32. The lowest BCUT2D eigenvalue weighted by atomic mass is 10.0. The molecule has 1 aromatic carbocycles. The zero-order valence-electron chi connectivity index (χ0n) is 16.5. The molecule has 1 atom stereocenters. The fraction of sp³-hybridized carbons (Fsp3) is 0.238. The van der Waals surface area contributed by atoms with E-state index in [0.29, 0.717) is 43.5 Å². The van der Waals surface area contributed by atoms with Gasteiger partial charge in [-0.1, -0.05) is 0 Å². The molecule has 10 heteroatoms. The van der Waals surface area contributed by atoms with Gasteiger partial charge in [-0.05, 0) is 36.4 Å². The number of nitrogens with one attached hydrogen (secondary N) is 3. The first-order valence-electron chi connectivity index (χ1n) is 9.93. The average molecular weight is 421 g/mol. The zero-order chi connectivity index (χ0) is 21.2. The van der Waals surface area contributed by atoms with E-state index in [0.717, 1.165) is 16.8 Å². The minimum absolute atomic E-state index is 0.0194. The Labute approximate surface area is 177 Å². The molecule has 0 aliphatic carbocycles. The van der Waals surface area contributed by atoms with Gasteiger partial charge in [-0.25, -0.2) is 20.2 Å². The number of halogens is 1. The summed E-state index contributed by atoms with van der Waals surface area (Å²) < 4.78 is 19.4. The van der Waals surface area contributed by atoms with E-state index < -0.39 is 0 Å². The van der Waals surface area contributed by atoms with Crippen molar-refractivity contribution in [3.8, 4) is 23.0 Å². The summed E-state index contributed by atoms with van der Waals surface area (Å²) in [5, 5.41) is 0. The Bertz CT molecular complexity index is 1090. The number of hydrogen-bond donors (Lipinski definition) is 3. The molecule has 31 heavy (non-hydrogen) atoms. The molecule has 5 rings (SSSR count). The quantitative estimate of drug-likeness (QED) is 0.580. The molecule has 158 valence electrons. The van der Waals surface area contributed by atoms with Gasteiger partial charge in [0.2, 0.25) is 11.8 Å². The van der Waals surface area contributed by atoms with E-state index in [1.165, 1.54) is 12.1 Å². The molecule has 0 radical (unpaired) electrons. The molecule has 2 aliphatic rings. The molecule has 0 bridgehead atoms. The summed E-state index contributed by atoms with van der Waals surface area (Å²) in [4.78, 5) is 28.0. The van der Waals surface area contributed by atoms with Crippen molar-refractivity contribution in [1.82, 2.24) is 36.2 Å². The zero-order valence-corrected chi connectivity index (χ0v) is 16.5. The lowest BCUT2D eigenvalue weighted by Gasteiger charge is -2.30. The van der Waals surface area contributed by atoms with E-state index >= 15 is 0 Å². The van der Waals surface area contributed by atoms with Gasteiger partial charge in [0.05, 0.1) is 17.8 Å². The highest BCUT2D eigenvalue weighted by atomic mass is 19.1. The lowest BCUT2D eigenvalue weighted by molar-refractivity contribution is -0.133. The first-order chi connectivity index (χ1) is 15.2. The monoisotopic (exact) mass is 421 g/mol. The molecule has 9 nitrogen and oxygen atoms in total. The molecule has 0 spiro atoms. The van der Waals surface area contributed by atoms with Crippen LogP contribution in [0, 0.1) is 5.82 Å². The maximum Gasteiger partial charge on any atom is 0.242 e. The van der Waals surface area contributed by atoms with Crippen molar-refractivity contribution in [1.29, 1.82) is 0 Å². The van der Waals surface area contributed by atoms with Crippen LogP contribution in [0.5, 0.6) is 11.6 Å². The fourth-order valence-electron chi connectivity index (χ4n) is 3.61. The van der Waals surface area contributed by atoms with Crippen LogP contribution in [-0.4, -0.2) is 44.9 Å². The molecule has 3 N–H and O–H groups in total. The average Bonchev–Trinajstić information content (AvgIpc) is 3.35. The summed E-state index contributed by atoms with van der Waals surface area (Å²) in [5.41, 5.74) is 11.0. The number of aromatic nitrogens is 3. The summed E-state index contributed by atoms with van der Waals surface area (Å²) in [6.45, 7) is 1.38. The number of pyridine rings is 1. The lowest BCUT2D eigenvalue weighted by Crippen LogP contribution is -2.48. The summed E-state index contributed by atoms with van der Waals surface area (Å²) in [6, 6.07) is 9.05. The minimum atomic E-state index is -0.349. The fourth-order valence-corrected chi connectivity index (χ4v) is 3.61. The molecule has 1 unspecified atom stereocenters. The Morgan fingerprint density at radius 3 is 2.68 bits per heavy atom. The first-order valence-corrected chi connectivity index (χ1v) is 9.93. The van der Waals surface area contributed by atoms with Crippen LogP contribution < -0.4 is 21.1 Å².